The summed E-state index contributed by atoms with van der Waals surface area (Å²) in [6.45, 7) is 6.53. The third kappa shape index (κ3) is 5.70. The lowest BCUT2D eigenvalue weighted by atomic mass is 9.75. The Labute approximate surface area is 234 Å². The maximum atomic E-state index is 15.6. The minimum atomic E-state index is -0.822. The summed E-state index contributed by atoms with van der Waals surface area (Å²) in [7, 11) is 1.47. The van der Waals surface area contributed by atoms with Crippen molar-refractivity contribution in [2.24, 2.45) is 10.8 Å². The highest BCUT2D eigenvalue weighted by Gasteiger charge is 2.46. The number of aromatic nitrogens is 1. The summed E-state index contributed by atoms with van der Waals surface area (Å²) in [6.07, 6.45) is 6.18. The molecular weight excluding hydrogens is 512 g/mol. The molecule has 0 amide bonds. The molecule has 0 radical (unpaired) electrons. The topological polar surface area (TPSA) is 68.7 Å². The Morgan fingerprint density at radius 3 is 2.50 bits per heavy atom. The number of nitrogens with zero attached hydrogens (tertiary/aromatic N) is 1. The number of halogens is 2. The van der Waals surface area contributed by atoms with Gasteiger partial charge >= 0.3 is 5.97 Å². The van der Waals surface area contributed by atoms with E-state index in [0.29, 0.717) is 16.9 Å². The van der Waals surface area contributed by atoms with Gasteiger partial charge in [-0.3, -0.25) is 4.79 Å². The van der Waals surface area contributed by atoms with Crippen LogP contribution in [0, 0.1) is 22.5 Å². The second-order valence-electron chi connectivity index (χ2n) is 12.3. The van der Waals surface area contributed by atoms with Crippen LogP contribution in [-0.4, -0.2) is 23.2 Å². The molecule has 1 aromatic heterocycles. The first-order valence-electron chi connectivity index (χ1n) is 14.0. The van der Waals surface area contributed by atoms with Crippen LogP contribution >= 0.6 is 0 Å². The van der Waals surface area contributed by atoms with Gasteiger partial charge in [0, 0.05) is 17.2 Å². The summed E-state index contributed by atoms with van der Waals surface area (Å²) in [6, 6.07) is 12.2. The highest BCUT2D eigenvalue weighted by atomic mass is 19.1. The first-order valence-corrected chi connectivity index (χ1v) is 14.0. The zero-order valence-corrected chi connectivity index (χ0v) is 23.6. The van der Waals surface area contributed by atoms with Crippen LogP contribution < -0.4 is 9.47 Å². The SMILES string of the molecule is COc1cc(-c2cc(F)c(COc3cccc([C@@H](CC(=O)O)C4(C)CC4)c3)cc2[C@@H]2CCCC2(C)C)c(F)cn1. The molecule has 7 heteroatoms. The Bertz CT molecular complexity index is 1420. The van der Waals surface area contributed by atoms with Crippen molar-refractivity contribution >= 4 is 5.97 Å². The molecule has 40 heavy (non-hydrogen) atoms. The number of hydrogen-bond donors (Lipinski definition) is 1. The van der Waals surface area contributed by atoms with Crippen LogP contribution in [0.4, 0.5) is 8.78 Å². The zero-order valence-electron chi connectivity index (χ0n) is 23.6. The first kappa shape index (κ1) is 28.1. The average molecular weight is 550 g/mol. The average Bonchev–Trinajstić information content (AvgIpc) is 3.57. The largest absolute Gasteiger partial charge is 0.489 e. The lowest BCUT2D eigenvalue weighted by Crippen LogP contribution is -2.17. The van der Waals surface area contributed by atoms with Crippen LogP contribution in [0.25, 0.3) is 11.1 Å². The van der Waals surface area contributed by atoms with Crippen LogP contribution in [-0.2, 0) is 11.4 Å². The van der Waals surface area contributed by atoms with E-state index in [4.69, 9.17) is 9.47 Å². The van der Waals surface area contributed by atoms with Gasteiger partial charge in [0.25, 0.3) is 0 Å². The molecule has 0 saturated heterocycles. The Kier molecular flexibility index (Phi) is 7.60. The van der Waals surface area contributed by atoms with E-state index in [1.54, 1.807) is 0 Å². The molecule has 0 bridgehead atoms. The number of methoxy groups -OCH3 is 1. The van der Waals surface area contributed by atoms with Crippen LogP contribution in [0.15, 0.2) is 48.7 Å². The molecule has 5 rings (SSSR count). The lowest BCUT2D eigenvalue weighted by molar-refractivity contribution is -0.137. The molecule has 1 heterocycles. The Morgan fingerprint density at radius 2 is 1.85 bits per heavy atom. The molecule has 212 valence electrons. The Balaban J connectivity index is 1.47. The number of hydrogen-bond acceptors (Lipinski definition) is 4. The maximum Gasteiger partial charge on any atom is 0.303 e. The number of carboxylic acid groups (broad SMARTS) is 1. The number of aliphatic carboxylic acids is 1. The number of carbonyl (C=O) groups is 1. The lowest BCUT2D eigenvalue weighted by Gasteiger charge is -2.30. The van der Waals surface area contributed by atoms with Gasteiger partial charge in [0.2, 0.25) is 5.88 Å². The van der Waals surface area contributed by atoms with Gasteiger partial charge < -0.3 is 14.6 Å². The van der Waals surface area contributed by atoms with Crippen molar-refractivity contribution in [2.75, 3.05) is 7.11 Å². The highest BCUT2D eigenvalue weighted by Crippen LogP contribution is 2.57. The second kappa shape index (κ2) is 10.8. The monoisotopic (exact) mass is 549 g/mol. The van der Waals surface area contributed by atoms with E-state index in [2.05, 4.69) is 25.8 Å². The molecule has 2 atom stereocenters. The summed E-state index contributed by atoms with van der Waals surface area (Å²) in [4.78, 5) is 15.5. The second-order valence-corrected chi connectivity index (χ2v) is 12.3. The minimum absolute atomic E-state index is 0.00126. The molecule has 3 aromatic rings. The van der Waals surface area contributed by atoms with Crippen LogP contribution in [0.5, 0.6) is 11.6 Å². The number of rotatable bonds is 10. The predicted molar refractivity (Wildman–Crippen MR) is 150 cm³/mol. The van der Waals surface area contributed by atoms with Gasteiger partial charge in [-0.15, -0.1) is 0 Å². The van der Waals surface area contributed by atoms with Gasteiger partial charge in [-0.2, -0.15) is 0 Å². The molecule has 0 unspecified atom stereocenters. The van der Waals surface area contributed by atoms with Crippen LogP contribution in [0.3, 0.4) is 0 Å². The van der Waals surface area contributed by atoms with Crippen molar-refractivity contribution in [2.45, 2.75) is 77.7 Å². The van der Waals surface area contributed by atoms with Crippen molar-refractivity contribution in [3.8, 4) is 22.8 Å². The first-order chi connectivity index (χ1) is 19.0. The van der Waals surface area contributed by atoms with E-state index < -0.39 is 17.6 Å². The number of carboxylic acids is 1. The van der Waals surface area contributed by atoms with E-state index in [1.165, 1.54) is 19.2 Å². The van der Waals surface area contributed by atoms with Gasteiger partial charge in [-0.1, -0.05) is 39.3 Å². The smallest absolute Gasteiger partial charge is 0.303 e. The van der Waals surface area contributed by atoms with Gasteiger partial charge in [-0.25, -0.2) is 13.8 Å². The van der Waals surface area contributed by atoms with E-state index in [1.807, 2.05) is 30.3 Å². The molecule has 0 spiro atoms. The molecule has 1 N–H and O–H groups in total. The highest BCUT2D eigenvalue weighted by molar-refractivity contribution is 5.70. The fraction of sp³-hybridized carbons (Fsp3) is 0.455. The van der Waals surface area contributed by atoms with Gasteiger partial charge in [0.05, 0.1) is 19.7 Å². The fourth-order valence-corrected chi connectivity index (χ4v) is 6.38. The van der Waals surface area contributed by atoms with E-state index in [9.17, 15) is 9.90 Å². The van der Waals surface area contributed by atoms with Gasteiger partial charge in [0.1, 0.15) is 24.0 Å². The van der Waals surface area contributed by atoms with E-state index in [-0.39, 0.29) is 47.1 Å². The normalized spacial score (nSPS) is 19.7. The molecule has 2 fully saturated rings. The molecule has 5 nitrogen and oxygen atoms in total. The molecular formula is C33H37F2NO4. The van der Waals surface area contributed by atoms with Crippen molar-refractivity contribution in [1.82, 2.24) is 4.98 Å². The van der Waals surface area contributed by atoms with Crippen molar-refractivity contribution in [1.29, 1.82) is 0 Å². The van der Waals surface area contributed by atoms with Gasteiger partial charge in [-0.05, 0) is 89.3 Å². The fourth-order valence-electron chi connectivity index (χ4n) is 6.38. The minimum Gasteiger partial charge on any atom is -0.489 e. The van der Waals surface area contributed by atoms with Crippen molar-refractivity contribution in [3.63, 3.8) is 0 Å². The number of pyridine rings is 1. The zero-order chi connectivity index (χ0) is 28.7. The summed E-state index contributed by atoms with van der Waals surface area (Å²) >= 11 is 0. The van der Waals surface area contributed by atoms with E-state index >= 15 is 8.78 Å². The Morgan fingerprint density at radius 1 is 1.07 bits per heavy atom. The molecule has 0 aliphatic heterocycles. The quantitative estimate of drug-likeness (QED) is 0.276. The predicted octanol–water partition coefficient (Wildman–Crippen LogP) is 8.27. The van der Waals surface area contributed by atoms with E-state index in [0.717, 1.165) is 49.4 Å². The van der Waals surface area contributed by atoms with Crippen LogP contribution in [0.2, 0.25) is 0 Å². The Hall–Kier alpha value is -3.48. The van der Waals surface area contributed by atoms with Crippen molar-refractivity contribution < 1.29 is 28.2 Å². The van der Waals surface area contributed by atoms with Crippen molar-refractivity contribution in [3.05, 3.63) is 77.0 Å². The third-order valence-corrected chi connectivity index (χ3v) is 9.09. The van der Waals surface area contributed by atoms with Gasteiger partial charge in [0.15, 0.2) is 0 Å². The molecule has 2 aliphatic rings. The number of ether oxygens (including phenoxy) is 2. The summed E-state index contributed by atoms with van der Waals surface area (Å²) in [5.74, 6) is -0.978. The molecule has 2 aromatic carbocycles. The molecule has 2 saturated carbocycles. The van der Waals surface area contributed by atoms with Crippen LogP contribution in [0.1, 0.15) is 87.8 Å². The number of benzene rings is 2. The summed E-state index contributed by atoms with van der Waals surface area (Å²) < 4.78 is 41.9. The summed E-state index contributed by atoms with van der Waals surface area (Å²) in [5.41, 5.74) is 2.94. The third-order valence-electron chi connectivity index (χ3n) is 9.09. The molecule has 2 aliphatic carbocycles. The maximum absolute atomic E-state index is 15.6. The standard InChI is InChI=1S/C33H37F2NO4/c1-32(2)10-6-9-26(32)24-14-21(28(34)15-23(24)25-16-30(39-4)36-18-29(25)35)19-40-22-8-5-7-20(13-22)27(17-31(37)38)33(3)11-12-33/h5,7-8,13-16,18,26-27H,6,9-12,17,19H2,1-4H3,(H,37,38)/t26-,27+/m0/s1. The summed E-state index contributed by atoms with van der Waals surface area (Å²) in [5, 5.41) is 9.49.